The summed E-state index contributed by atoms with van der Waals surface area (Å²) in [4.78, 5) is 24.5. The quantitative estimate of drug-likeness (QED) is 0.632. The van der Waals surface area contributed by atoms with Crippen LogP contribution in [0.15, 0.2) is 48.7 Å². The van der Waals surface area contributed by atoms with E-state index in [0.717, 1.165) is 11.1 Å². The standard InChI is InChI=1S/C20H18Cl2N4O2/c1-12-3-5-14(9-16(12)21)23-19(27)11-26-8-7-18(25-26)20(28)24-15-6-4-13(2)17(22)10-15/h3-10H,11H2,1-2H3,(H,23,27)(H,24,28). The van der Waals surface area contributed by atoms with E-state index in [-0.39, 0.29) is 24.1 Å². The van der Waals surface area contributed by atoms with Crippen LogP contribution in [0.2, 0.25) is 10.0 Å². The van der Waals surface area contributed by atoms with Gasteiger partial charge >= 0.3 is 0 Å². The number of aromatic nitrogens is 2. The predicted octanol–water partition coefficient (Wildman–Crippen LogP) is 4.70. The van der Waals surface area contributed by atoms with Gasteiger partial charge in [0, 0.05) is 27.6 Å². The monoisotopic (exact) mass is 416 g/mol. The van der Waals surface area contributed by atoms with Crippen molar-refractivity contribution in [2.24, 2.45) is 0 Å². The molecule has 3 rings (SSSR count). The third-order valence-electron chi connectivity index (χ3n) is 4.06. The molecule has 8 heteroatoms. The number of halogens is 2. The van der Waals surface area contributed by atoms with Crippen molar-refractivity contribution in [2.45, 2.75) is 20.4 Å². The maximum Gasteiger partial charge on any atom is 0.276 e. The zero-order valence-electron chi connectivity index (χ0n) is 15.3. The summed E-state index contributed by atoms with van der Waals surface area (Å²) in [7, 11) is 0. The molecule has 28 heavy (non-hydrogen) atoms. The van der Waals surface area contributed by atoms with Gasteiger partial charge in [-0.2, -0.15) is 5.10 Å². The fourth-order valence-corrected chi connectivity index (χ4v) is 2.82. The summed E-state index contributed by atoms with van der Waals surface area (Å²) in [6, 6.07) is 12.1. The Hall–Kier alpha value is -2.83. The van der Waals surface area contributed by atoms with Crippen LogP contribution in [0.1, 0.15) is 21.6 Å². The molecule has 0 bridgehead atoms. The van der Waals surface area contributed by atoms with Crippen molar-refractivity contribution in [3.63, 3.8) is 0 Å². The van der Waals surface area contributed by atoms with Gasteiger partial charge in [0.2, 0.25) is 5.91 Å². The van der Waals surface area contributed by atoms with Gasteiger partial charge in [0.05, 0.1) is 0 Å². The molecule has 0 aliphatic carbocycles. The number of hydrogen-bond acceptors (Lipinski definition) is 3. The lowest BCUT2D eigenvalue weighted by Crippen LogP contribution is -2.20. The van der Waals surface area contributed by atoms with Crippen LogP contribution in [-0.4, -0.2) is 21.6 Å². The molecule has 0 fully saturated rings. The third kappa shape index (κ3) is 4.91. The second kappa shape index (κ2) is 8.46. The summed E-state index contributed by atoms with van der Waals surface area (Å²) in [6.07, 6.45) is 1.57. The molecule has 0 saturated heterocycles. The van der Waals surface area contributed by atoms with Gasteiger partial charge in [-0.1, -0.05) is 35.3 Å². The Kier molecular flexibility index (Phi) is 6.02. The number of benzene rings is 2. The number of nitrogens with zero attached hydrogens (tertiary/aromatic N) is 2. The van der Waals surface area contributed by atoms with E-state index in [1.807, 2.05) is 26.0 Å². The maximum atomic E-state index is 12.3. The molecule has 2 N–H and O–H groups in total. The Morgan fingerprint density at radius 1 is 0.929 bits per heavy atom. The molecule has 1 aromatic heterocycles. The first kappa shape index (κ1) is 19.9. The van der Waals surface area contributed by atoms with Crippen LogP contribution in [0.4, 0.5) is 11.4 Å². The highest BCUT2D eigenvalue weighted by molar-refractivity contribution is 6.32. The molecule has 144 valence electrons. The van der Waals surface area contributed by atoms with Crippen LogP contribution in [0.5, 0.6) is 0 Å². The second-order valence-electron chi connectivity index (χ2n) is 6.33. The fourth-order valence-electron chi connectivity index (χ4n) is 2.45. The van der Waals surface area contributed by atoms with Crippen LogP contribution < -0.4 is 10.6 Å². The summed E-state index contributed by atoms with van der Waals surface area (Å²) in [5, 5.41) is 10.8. The molecule has 6 nitrogen and oxygen atoms in total. The zero-order chi connectivity index (χ0) is 20.3. The topological polar surface area (TPSA) is 76.0 Å². The number of nitrogens with one attached hydrogen (secondary N) is 2. The summed E-state index contributed by atoms with van der Waals surface area (Å²) in [5.74, 6) is -0.662. The predicted molar refractivity (Wildman–Crippen MR) is 111 cm³/mol. The van der Waals surface area contributed by atoms with Crippen LogP contribution in [0, 0.1) is 13.8 Å². The van der Waals surface area contributed by atoms with E-state index in [0.29, 0.717) is 21.4 Å². The van der Waals surface area contributed by atoms with E-state index in [2.05, 4.69) is 15.7 Å². The van der Waals surface area contributed by atoms with Gasteiger partial charge in [-0.25, -0.2) is 0 Å². The van der Waals surface area contributed by atoms with Gasteiger partial charge in [0.15, 0.2) is 5.69 Å². The number of carbonyl (C=O) groups is 2. The molecule has 2 aromatic carbocycles. The van der Waals surface area contributed by atoms with Crippen molar-refractivity contribution in [1.29, 1.82) is 0 Å². The van der Waals surface area contributed by atoms with Crippen molar-refractivity contribution in [2.75, 3.05) is 10.6 Å². The van der Waals surface area contributed by atoms with Crippen molar-refractivity contribution in [3.05, 3.63) is 75.5 Å². The number of rotatable bonds is 5. The molecule has 0 aliphatic heterocycles. The minimum atomic E-state index is -0.385. The van der Waals surface area contributed by atoms with Crippen molar-refractivity contribution >= 4 is 46.4 Å². The molecule has 0 saturated carbocycles. The van der Waals surface area contributed by atoms with E-state index >= 15 is 0 Å². The van der Waals surface area contributed by atoms with Gasteiger partial charge in [-0.3, -0.25) is 14.3 Å². The number of aryl methyl sites for hydroxylation is 2. The number of amides is 2. The Morgan fingerprint density at radius 2 is 1.50 bits per heavy atom. The Labute approximate surface area is 172 Å². The number of anilines is 2. The molecule has 3 aromatic rings. The zero-order valence-corrected chi connectivity index (χ0v) is 16.8. The van der Waals surface area contributed by atoms with Crippen molar-refractivity contribution in [1.82, 2.24) is 9.78 Å². The van der Waals surface area contributed by atoms with Crippen LogP contribution >= 0.6 is 23.2 Å². The molecule has 1 heterocycles. The van der Waals surface area contributed by atoms with E-state index in [1.54, 1.807) is 36.5 Å². The Bertz CT molecular complexity index is 1050. The lowest BCUT2D eigenvalue weighted by atomic mass is 10.2. The second-order valence-corrected chi connectivity index (χ2v) is 7.14. The van der Waals surface area contributed by atoms with Gasteiger partial charge in [0.1, 0.15) is 6.54 Å². The first-order valence-electron chi connectivity index (χ1n) is 8.49. The first-order valence-corrected chi connectivity index (χ1v) is 9.24. The minimum Gasteiger partial charge on any atom is -0.324 e. The van der Waals surface area contributed by atoms with Crippen LogP contribution in [-0.2, 0) is 11.3 Å². The summed E-state index contributed by atoms with van der Waals surface area (Å²) >= 11 is 12.1. The van der Waals surface area contributed by atoms with E-state index in [4.69, 9.17) is 23.2 Å². The van der Waals surface area contributed by atoms with Crippen LogP contribution in [0.25, 0.3) is 0 Å². The molecule has 0 unspecified atom stereocenters. The molecule has 0 spiro atoms. The minimum absolute atomic E-state index is 0.0326. The highest BCUT2D eigenvalue weighted by Gasteiger charge is 2.12. The largest absolute Gasteiger partial charge is 0.324 e. The van der Waals surface area contributed by atoms with Crippen molar-refractivity contribution in [3.8, 4) is 0 Å². The summed E-state index contributed by atoms with van der Waals surface area (Å²) in [5.41, 5.74) is 3.22. The number of carbonyl (C=O) groups excluding carboxylic acids is 2. The SMILES string of the molecule is Cc1ccc(NC(=O)Cn2ccc(C(=O)Nc3ccc(C)c(Cl)c3)n2)cc1Cl. The maximum absolute atomic E-state index is 12.3. The van der Waals surface area contributed by atoms with Crippen molar-refractivity contribution < 1.29 is 9.59 Å². The van der Waals surface area contributed by atoms with Crippen LogP contribution in [0.3, 0.4) is 0 Å². The molecule has 2 amide bonds. The van der Waals surface area contributed by atoms with E-state index < -0.39 is 0 Å². The highest BCUT2D eigenvalue weighted by atomic mass is 35.5. The fraction of sp³-hybridized carbons (Fsp3) is 0.150. The summed E-state index contributed by atoms with van der Waals surface area (Å²) < 4.78 is 1.39. The van der Waals surface area contributed by atoms with E-state index in [9.17, 15) is 9.59 Å². The molecule has 0 aliphatic rings. The van der Waals surface area contributed by atoms with E-state index in [1.165, 1.54) is 4.68 Å². The molecule has 0 radical (unpaired) electrons. The first-order chi connectivity index (χ1) is 13.3. The van der Waals surface area contributed by atoms with Gasteiger partial charge in [-0.05, 0) is 55.3 Å². The van der Waals surface area contributed by atoms with Gasteiger partial charge in [-0.15, -0.1) is 0 Å². The molecular formula is C20H18Cl2N4O2. The van der Waals surface area contributed by atoms with Gasteiger partial charge < -0.3 is 10.6 Å². The summed E-state index contributed by atoms with van der Waals surface area (Å²) in [6.45, 7) is 3.73. The lowest BCUT2D eigenvalue weighted by Gasteiger charge is -2.07. The van der Waals surface area contributed by atoms with Gasteiger partial charge in [0.25, 0.3) is 5.91 Å². The smallest absolute Gasteiger partial charge is 0.276 e. The normalized spacial score (nSPS) is 10.6. The average Bonchev–Trinajstić information content (AvgIpc) is 3.10. The Morgan fingerprint density at radius 3 is 2.07 bits per heavy atom. The molecular weight excluding hydrogens is 399 g/mol. The molecule has 0 atom stereocenters. The highest BCUT2D eigenvalue weighted by Crippen LogP contribution is 2.21. The Balaban J connectivity index is 1.61. The third-order valence-corrected chi connectivity index (χ3v) is 4.88. The lowest BCUT2D eigenvalue weighted by molar-refractivity contribution is -0.116. The number of hydrogen-bond donors (Lipinski definition) is 2. The average molecular weight is 417 g/mol.